The maximum Gasteiger partial charge on any atom is 0.251 e. The molecule has 1 aromatic heterocycles. The van der Waals surface area contributed by atoms with Gasteiger partial charge < -0.3 is 15.6 Å². The molecular weight excluding hydrogens is 254 g/mol. The molecule has 1 aromatic carbocycles. The fourth-order valence-corrected chi connectivity index (χ4v) is 1.76. The molecule has 2 aromatic rings. The molecule has 0 atom stereocenters. The Kier molecular flexibility index (Phi) is 4.53. The molecule has 0 saturated carbocycles. The largest absolute Gasteiger partial charge is 0.360 e. The first kappa shape index (κ1) is 13.8. The van der Waals surface area contributed by atoms with Crippen LogP contribution < -0.4 is 11.1 Å². The van der Waals surface area contributed by atoms with Crippen LogP contribution in [0.25, 0.3) is 0 Å². The number of carbonyl (C=O) groups is 1. The van der Waals surface area contributed by atoms with Gasteiger partial charge in [-0.15, -0.1) is 0 Å². The molecule has 2 rings (SSSR count). The molecule has 1 heterocycles. The first-order valence-electron chi connectivity index (χ1n) is 6.18. The van der Waals surface area contributed by atoms with Crippen molar-refractivity contribution in [1.82, 2.24) is 10.5 Å². The Labute approximate surface area is 117 Å². The second-order valence-electron chi connectivity index (χ2n) is 4.15. The van der Waals surface area contributed by atoms with Gasteiger partial charge in [-0.2, -0.15) is 0 Å². The van der Waals surface area contributed by atoms with Gasteiger partial charge in [0.1, 0.15) is 0 Å². The summed E-state index contributed by atoms with van der Waals surface area (Å²) in [6.45, 7) is 2.46. The van der Waals surface area contributed by atoms with Gasteiger partial charge in [0.25, 0.3) is 5.91 Å². The molecule has 0 spiro atoms. The summed E-state index contributed by atoms with van der Waals surface area (Å²) in [5, 5.41) is 6.36. The molecule has 0 aliphatic carbocycles. The van der Waals surface area contributed by atoms with E-state index in [4.69, 9.17) is 10.3 Å². The van der Waals surface area contributed by atoms with Crippen molar-refractivity contribution in [3.8, 4) is 11.8 Å². The van der Waals surface area contributed by atoms with E-state index in [9.17, 15) is 4.79 Å². The molecule has 5 nitrogen and oxygen atoms in total. The minimum absolute atomic E-state index is 0.171. The Balaban J connectivity index is 2.13. The van der Waals surface area contributed by atoms with Crippen molar-refractivity contribution in [2.45, 2.75) is 13.5 Å². The van der Waals surface area contributed by atoms with E-state index in [0.717, 1.165) is 11.1 Å². The SMILES string of the molecule is Cc1c(C#CCN)cccc1C(=O)NCc1ccno1. The lowest BCUT2D eigenvalue weighted by molar-refractivity contribution is 0.0946. The van der Waals surface area contributed by atoms with E-state index in [2.05, 4.69) is 22.3 Å². The van der Waals surface area contributed by atoms with Gasteiger partial charge >= 0.3 is 0 Å². The average Bonchev–Trinajstić information content (AvgIpc) is 2.97. The molecule has 3 N–H and O–H groups in total. The first-order valence-corrected chi connectivity index (χ1v) is 6.18. The third-order valence-electron chi connectivity index (χ3n) is 2.82. The molecule has 1 amide bonds. The number of nitrogens with zero attached hydrogens (tertiary/aromatic N) is 1. The zero-order valence-corrected chi connectivity index (χ0v) is 11.1. The molecule has 0 radical (unpaired) electrons. The standard InChI is InChI=1S/C15H15N3O2/c1-11-12(5-3-8-16)4-2-6-14(11)15(19)17-10-13-7-9-18-20-13/h2,4,6-7,9H,8,10,16H2,1H3,(H,17,19). The van der Waals surface area contributed by atoms with Crippen molar-refractivity contribution >= 4 is 5.91 Å². The molecule has 0 unspecified atom stereocenters. The highest BCUT2D eigenvalue weighted by Crippen LogP contribution is 2.13. The quantitative estimate of drug-likeness (QED) is 0.821. The van der Waals surface area contributed by atoms with Gasteiger partial charge in [-0.05, 0) is 24.6 Å². The van der Waals surface area contributed by atoms with Crippen LogP contribution in [0.4, 0.5) is 0 Å². The Hall–Kier alpha value is -2.58. The van der Waals surface area contributed by atoms with Gasteiger partial charge in [0.2, 0.25) is 0 Å². The van der Waals surface area contributed by atoms with Gasteiger partial charge in [0, 0.05) is 17.2 Å². The molecule has 0 bridgehead atoms. The molecule has 102 valence electrons. The molecule has 0 aliphatic rings. The van der Waals surface area contributed by atoms with Crippen LogP contribution in [0.1, 0.15) is 27.2 Å². The second-order valence-corrected chi connectivity index (χ2v) is 4.15. The van der Waals surface area contributed by atoms with E-state index >= 15 is 0 Å². The molecule has 0 aliphatic heterocycles. The maximum absolute atomic E-state index is 12.1. The van der Waals surface area contributed by atoms with Crippen molar-refractivity contribution in [2.24, 2.45) is 5.73 Å². The van der Waals surface area contributed by atoms with Crippen molar-refractivity contribution in [3.05, 3.63) is 52.9 Å². The summed E-state index contributed by atoms with van der Waals surface area (Å²) < 4.78 is 4.93. The van der Waals surface area contributed by atoms with Crippen LogP contribution in [0.5, 0.6) is 0 Å². The fraction of sp³-hybridized carbons (Fsp3) is 0.200. The highest BCUT2D eigenvalue weighted by Gasteiger charge is 2.11. The predicted octanol–water partition coefficient (Wildman–Crippen LogP) is 1.22. The van der Waals surface area contributed by atoms with Crippen molar-refractivity contribution in [2.75, 3.05) is 6.54 Å². The average molecular weight is 269 g/mol. The van der Waals surface area contributed by atoms with Crippen LogP contribution in [0.15, 0.2) is 35.0 Å². The maximum atomic E-state index is 12.1. The monoisotopic (exact) mass is 269 g/mol. The number of benzene rings is 1. The summed E-state index contributed by atoms with van der Waals surface area (Å²) in [5.41, 5.74) is 7.59. The van der Waals surface area contributed by atoms with E-state index in [-0.39, 0.29) is 5.91 Å². The number of nitrogens with one attached hydrogen (secondary N) is 1. The zero-order valence-electron chi connectivity index (χ0n) is 11.1. The summed E-state index contributed by atoms with van der Waals surface area (Å²) in [4.78, 5) is 12.1. The molecule has 5 heteroatoms. The first-order chi connectivity index (χ1) is 9.72. The minimum Gasteiger partial charge on any atom is -0.360 e. The van der Waals surface area contributed by atoms with Gasteiger partial charge in [-0.25, -0.2) is 0 Å². The summed E-state index contributed by atoms with van der Waals surface area (Å²) >= 11 is 0. The summed E-state index contributed by atoms with van der Waals surface area (Å²) in [7, 11) is 0. The van der Waals surface area contributed by atoms with Crippen molar-refractivity contribution in [3.63, 3.8) is 0 Å². The van der Waals surface area contributed by atoms with Gasteiger partial charge in [-0.1, -0.05) is 23.1 Å². The van der Waals surface area contributed by atoms with Gasteiger partial charge in [0.05, 0.1) is 19.3 Å². The summed E-state index contributed by atoms with van der Waals surface area (Å²) in [5.74, 6) is 6.18. The van der Waals surface area contributed by atoms with Crippen molar-refractivity contribution < 1.29 is 9.32 Å². The van der Waals surface area contributed by atoms with Crippen LogP contribution in [0, 0.1) is 18.8 Å². The number of nitrogens with two attached hydrogens (primary N) is 1. The van der Waals surface area contributed by atoms with E-state index in [0.29, 0.717) is 24.4 Å². The molecule has 0 fully saturated rings. The van der Waals surface area contributed by atoms with Crippen LogP contribution >= 0.6 is 0 Å². The topological polar surface area (TPSA) is 81.2 Å². The van der Waals surface area contributed by atoms with Crippen LogP contribution in [-0.4, -0.2) is 17.6 Å². The number of rotatable bonds is 3. The van der Waals surface area contributed by atoms with E-state index in [1.807, 2.05) is 13.0 Å². The van der Waals surface area contributed by atoms with Crippen molar-refractivity contribution in [1.29, 1.82) is 0 Å². The number of aromatic nitrogens is 1. The third kappa shape index (κ3) is 3.25. The third-order valence-corrected chi connectivity index (χ3v) is 2.82. The lowest BCUT2D eigenvalue weighted by Crippen LogP contribution is -2.23. The molecule has 20 heavy (non-hydrogen) atoms. The fourth-order valence-electron chi connectivity index (χ4n) is 1.76. The highest BCUT2D eigenvalue weighted by atomic mass is 16.5. The van der Waals surface area contributed by atoms with Crippen LogP contribution in [-0.2, 0) is 6.54 Å². The van der Waals surface area contributed by atoms with Gasteiger partial charge in [-0.3, -0.25) is 4.79 Å². The lowest BCUT2D eigenvalue weighted by atomic mass is 10.0. The Bertz CT molecular complexity index is 651. The van der Waals surface area contributed by atoms with Crippen LogP contribution in [0.2, 0.25) is 0 Å². The smallest absolute Gasteiger partial charge is 0.251 e. The molecule has 0 saturated heterocycles. The number of carbonyl (C=O) groups excluding carboxylic acids is 1. The summed E-state index contributed by atoms with van der Waals surface area (Å²) in [6.07, 6.45) is 1.54. The van der Waals surface area contributed by atoms with E-state index < -0.39 is 0 Å². The van der Waals surface area contributed by atoms with Gasteiger partial charge in [0.15, 0.2) is 5.76 Å². The second kappa shape index (κ2) is 6.55. The Morgan fingerprint density at radius 2 is 2.30 bits per heavy atom. The number of amides is 1. The highest BCUT2D eigenvalue weighted by molar-refractivity contribution is 5.96. The lowest BCUT2D eigenvalue weighted by Gasteiger charge is -2.07. The predicted molar refractivity (Wildman–Crippen MR) is 74.8 cm³/mol. The zero-order chi connectivity index (χ0) is 14.4. The Morgan fingerprint density at radius 3 is 3.00 bits per heavy atom. The Morgan fingerprint density at radius 1 is 1.45 bits per heavy atom. The van der Waals surface area contributed by atoms with E-state index in [1.54, 1.807) is 18.2 Å². The molecular formula is C15H15N3O2. The van der Waals surface area contributed by atoms with E-state index in [1.165, 1.54) is 6.20 Å². The normalized spacial score (nSPS) is 9.70. The minimum atomic E-state index is -0.171. The number of hydrogen-bond donors (Lipinski definition) is 2. The summed E-state index contributed by atoms with van der Waals surface area (Å²) in [6, 6.07) is 7.14. The van der Waals surface area contributed by atoms with Crippen LogP contribution in [0.3, 0.4) is 0 Å². The number of hydrogen-bond acceptors (Lipinski definition) is 4.